The number of hydrogen-bond donors (Lipinski definition) is 1. The first-order valence-electron chi connectivity index (χ1n) is 8.57. The molecule has 0 aliphatic rings. The lowest BCUT2D eigenvalue weighted by molar-refractivity contribution is -0.121. The van der Waals surface area contributed by atoms with E-state index in [1.807, 2.05) is 25.1 Å². The normalized spacial score (nSPS) is 10.6. The number of carbonyl (C=O) groups is 1. The molecule has 1 aromatic heterocycles. The highest BCUT2D eigenvalue weighted by Crippen LogP contribution is 2.31. The van der Waals surface area contributed by atoms with E-state index in [1.165, 1.54) is 0 Å². The van der Waals surface area contributed by atoms with Crippen LogP contribution < -0.4 is 14.8 Å². The standard InChI is InChI=1S/C18H25N3O5/c1-4-25-14-9-8-13(12-15(14)24-3)18-20-17(26-21-18)7-5-6-16(22)19-10-11-23-2/h8-9,12H,4-7,10-11H2,1-3H3,(H,19,22). The Bertz CT molecular complexity index is 702. The number of hydrogen-bond acceptors (Lipinski definition) is 7. The van der Waals surface area contributed by atoms with Gasteiger partial charge in [-0.05, 0) is 31.5 Å². The Hall–Kier alpha value is -2.61. The molecule has 0 fully saturated rings. The Morgan fingerprint density at radius 2 is 2.12 bits per heavy atom. The molecule has 2 rings (SSSR count). The summed E-state index contributed by atoms with van der Waals surface area (Å²) >= 11 is 0. The van der Waals surface area contributed by atoms with E-state index >= 15 is 0 Å². The van der Waals surface area contributed by atoms with Crippen LogP contribution in [0.25, 0.3) is 11.4 Å². The molecule has 0 radical (unpaired) electrons. The van der Waals surface area contributed by atoms with E-state index in [2.05, 4.69) is 15.5 Å². The minimum atomic E-state index is -0.0157. The fraction of sp³-hybridized carbons (Fsp3) is 0.500. The Morgan fingerprint density at radius 1 is 1.27 bits per heavy atom. The van der Waals surface area contributed by atoms with Crippen molar-refractivity contribution in [2.75, 3.05) is 34.0 Å². The largest absolute Gasteiger partial charge is 0.493 e. The van der Waals surface area contributed by atoms with Crippen LogP contribution in [0.15, 0.2) is 22.7 Å². The molecule has 0 atom stereocenters. The minimum absolute atomic E-state index is 0.0157. The van der Waals surface area contributed by atoms with Gasteiger partial charge >= 0.3 is 0 Å². The lowest BCUT2D eigenvalue weighted by Gasteiger charge is -2.09. The second kappa shape index (κ2) is 10.4. The van der Waals surface area contributed by atoms with E-state index in [9.17, 15) is 4.79 Å². The Morgan fingerprint density at radius 3 is 2.85 bits per heavy atom. The Kier molecular flexibility index (Phi) is 7.88. The summed E-state index contributed by atoms with van der Waals surface area (Å²) in [7, 11) is 3.18. The fourth-order valence-electron chi connectivity index (χ4n) is 2.34. The van der Waals surface area contributed by atoms with E-state index in [0.29, 0.717) is 62.2 Å². The quantitative estimate of drug-likeness (QED) is 0.612. The molecule has 2 aromatic rings. The lowest BCUT2D eigenvalue weighted by atomic mass is 10.2. The SMILES string of the molecule is CCOc1ccc(-c2noc(CCCC(=O)NCCOC)n2)cc1OC. The van der Waals surface area contributed by atoms with Crippen molar-refractivity contribution in [3.8, 4) is 22.9 Å². The monoisotopic (exact) mass is 363 g/mol. The number of nitrogens with one attached hydrogen (secondary N) is 1. The van der Waals surface area contributed by atoms with Crippen LogP contribution in [-0.2, 0) is 16.0 Å². The van der Waals surface area contributed by atoms with Crippen LogP contribution in [0.4, 0.5) is 0 Å². The molecule has 0 saturated heterocycles. The summed E-state index contributed by atoms with van der Waals surface area (Å²) in [5.74, 6) is 2.24. The smallest absolute Gasteiger partial charge is 0.226 e. The first-order chi connectivity index (χ1) is 12.7. The third-order valence-electron chi connectivity index (χ3n) is 3.61. The summed E-state index contributed by atoms with van der Waals surface area (Å²) < 4.78 is 21.0. The number of benzene rings is 1. The molecule has 1 N–H and O–H groups in total. The minimum Gasteiger partial charge on any atom is -0.493 e. The van der Waals surface area contributed by atoms with Gasteiger partial charge in [-0.2, -0.15) is 4.98 Å². The van der Waals surface area contributed by atoms with Gasteiger partial charge in [0, 0.05) is 32.1 Å². The van der Waals surface area contributed by atoms with Crippen molar-refractivity contribution >= 4 is 5.91 Å². The number of aryl methyl sites for hydroxylation is 1. The van der Waals surface area contributed by atoms with Crippen molar-refractivity contribution in [3.63, 3.8) is 0 Å². The molecule has 142 valence electrons. The molecular weight excluding hydrogens is 338 g/mol. The first-order valence-corrected chi connectivity index (χ1v) is 8.57. The van der Waals surface area contributed by atoms with Gasteiger partial charge in [-0.1, -0.05) is 5.16 Å². The second-order valence-electron chi connectivity index (χ2n) is 5.51. The van der Waals surface area contributed by atoms with Crippen LogP contribution in [0.3, 0.4) is 0 Å². The molecule has 26 heavy (non-hydrogen) atoms. The van der Waals surface area contributed by atoms with Gasteiger partial charge in [0.25, 0.3) is 0 Å². The summed E-state index contributed by atoms with van der Waals surface area (Å²) in [4.78, 5) is 16.0. The highest BCUT2D eigenvalue weighted by molar-refractivity contribution is 5.75. The van der Waals surface area contributed by atoms with Crippen LogP contribution in [-0.4, -0.2) is 50.0 Å². The molecule has 1 heterocycles. The van der Waals surface area contributed by atoms with Crippen LogP contribution in [0, 0.1) is 0 Å². The first kappa shape index (κ1) is 19.7. The lowest BCUT2D eigenvalue weighted by Crippen LogP contribution is -2.26. The molecule has 0 aliphatic heterocycles. The Labute approximate surface area is 152 Å². The topological polar surface area (TPSA) is 95.7 Å². The van der Waals surface area contributed by atoms with Crippen LogP contribution in [0.5, 0.6) is 11.5 Å². The van der Waals surface area contributed by atoms with Gasteiger partial charge in [-0.3, -0.25) is 4.79 Å². The molecule has 8 heteroatoms. The van der Waals surface area contributed by atoms with Gasteiger partial charge in [0.05, 0.1) is 20.3 Å². The summed E-state index contributed by atoms with van der Waals surface area (Å²) in [6.07, 6.45) is 1.57. The Balaban J connectivity index is 1.90. The maximum Gasteiger partial charge on any atom is 0.226 e. The molecule has 1 aromatic carbocycles. The second-order valence-corrected chi connectivity index (χ2v) is 5.51. The molecule has 0 aliphatic carbocycles. The fourth-order valence-corrected chi connectivity index (χ4v) is 2.34. The highest BCUT2D eigenvalue weighted by Gasteiger charge is 2.12. The average Bonchev–Trinajstić information content (AvgIpc) is 3.11. The molecular formula is C18H25N3O5. The van der Waals surface area contributed by atoms with Gasteiger partial charge < -0.3 is 24.1 Å². The van der Waals surface area contributed by atoms with Crippen molar-refractivity contribution in [3.05, 3.63) is 24.1 Å². The number of ether oxygens (including phenoxy) is 3. The van der Waals surface area contributed by atoms with Crippen molar-refractivity contribution in [1.82, 2.24) is 15.5 Å². The predicted octanol–water partition coefficient (Wildman–Crippen LogP) is 2.23. The van der Waals surface area contributed by atoms with Crippen molar-refractivity contribution in [2.45, 2.75) is 26.2 Å². The van der Waals surface area contributed by atoms with Gasteiger partial charge in [0.15, 0.2) is 11.5 Å². The van der Waals surface area contributed by atoms with E-state index in [1.54, 1.807) is 14.2 Å². The maximum atomic E-state index is 11.6. The molecule has 0 unspecified atom stereocenters. The highest BCUT2D eigenvalue weighted by atomic mass is 16.5. The van der Waals surface area contributed by atoms with Crippen LogP contribution >= 0.6 is 0 Å². The summed E-state index contributed by atoms with van der Waals surface area (Å²) in [5.41, 5.74) is 0.776. The average molecular weight is 363 g/mol. The third kappa shape index (κ3) is 5.73. The van der Waals surface area contributed by atoms with E-state index < -0.39 is 0 Å². The van der Waals surface area contributed by atoms with Gasteiger partial charge in [0.1, 0.15) is 0 Å². The molecule has 0 bridgehead atoms. The number of rotatable bonds is 11. The number of amides is 1. The molecule has 0 saturated carbocycles. The van der Waals surface area contributed by atoms with Crippen molar-refractivity contribution in [1.29, 1.82) is 0 Å². The number of aromatic nitrogens is 2. The third-order valence-corrected chi connectivity index (χ3v) is 3.61. The van der Waals surface area contributed by atoms with Crippen LogP contribution in [0.2, 0.25) is 0 Å². The van der Waals surface area contributed by atoms with Gasteiger partial charge in [0.2, 0.25) is 17.6 Å². The van der Waals surface area contributed by atoms with Crippen molar-refractivity contribution < 1.29 is 23.5 Å². The number of nitrogens with zero attached hydrogens (tertiary/aromatic N) is 2. The number of carbonyl (C=O) groups excluding carboxylic acids is 1. The maximum absolute atomic E-state index is 11.6. The van der Waals surface area contributed by atoms with E-state index in [-0.39, 0.29) is 5.91 Å². The van der Waals surface area contributed by atoms with Crippen molar-refractivity contribution in [2.24, 2.45) is 0 Å². The summed E-state index contributed by atoms with van der Waals surface area (Å²) in [6.45, 7) is 3.49. The predicted molar refractivity (Wildman–Crippen MR) is 95.3 cm³/mol. The summed E-state index contributed by atoms with van der Waals surface area (Å²) in [5, 5.41) is 6.77. The summed E-state index contributed by atoms with van der Waals surface area (Å²) in [6, 6.07) is 5.48. The zero-order chi connectivity index (χ0) is 18.8. The van der Waals surface area contributed by atoms with Gasteiger partial charge in [-0.15, -0.1) is 0 Å². The number of methoxy groups -OCH3 is 2. The van der Waals surface area contributed by atoms with E-state index in [0.717, 1.165) is 5.56 Å². The van der Waals surface area contributed by atoms with Crippen LogP contribution in [0.1, 0.15) is 25.7 Å². The zero-order valence-corrected chi connectivity index (χ0v) is 15.4. The molecule has 8 nitrogen and oxygen atoms in total. The van der Waals surface area contributed by atoms with E-state index in [4.69, 9.17) is 18.7 Å². The molecule has 1 amide bonds. The molecule has 0 spiro atoms. The van der Waals surface area contributed by atoms with Gasteiger partial charge in [-0.25, -0.2) is 0 Å². The zero-order valence-electron chi connectivity index (χ0n) is 15.4.